The van der Waals surface area contributed by atoms with Crippen molar-refractivity contribution in [2.45, 2.75) is 25.5 Å². The van der Waals surface area contributed by atoms with E-state index in [2.05, 4.69) is 15.2 Å². The first-order chi connectivity index (χ1) is 18.2. The van der Waals surface area contributed by atoms with Crippen LogP contribution in [-0.4, -0.2) is 59.1 Å². The Balaban J connectivity index is 1.25. The van der Waals surface area contributed by atoms with E-state index in [1.807, 2.05) is 89.8 Å². The first-order valence-corrected chi connectivity index (χ1v) is 12.7. The summed E-state index contributed by atoms with van der Waals surface area (Å²) in [4.78, 5) is 38.5. The van der Waals surface area contributed by atoms with E-state index in [0.717, 1.165) is 41.1 Å². The number of hydrogen-bond acceptors (Lipinski definition) is 5. The molecule has 8 nitrogen and oxygen atoms in total. The Morgan fingerprint density at radius 2 is 1.57 bits per heavy atom. The Labute approximate surface area is 216 Å². The summed E-state index contributed by atoms with van der Waals surface area (Å²) in [7, 11) is 0. The minimum absolute atomic E-state index is 0.105. The molecule has 0 aliphatic carbocycles. The number of aromatic nitrogens is 2. The fourth-order valence-corrected chi connectivity index (χ4v) is 4.62. The molecule has 0 saturated carbocycles. The molecule has 1 fully saturated rings. The Hall–Kier alpha value is -4.33. The van der Waals surface area contributed by atoms with Gasteiger partial charge in [-0.3, -0.25) is 4.79 Å². The number of nitrogens with zero attached hydrogens (tertiary/aromatic N) is 3. The zero-order valence-electron chi connectivity index (χ0n) is 20.7. The molecule has 2 amide bonds. The van der Waals surface area contributed by atoms with Crippen molar-refractivity contribution in [1.29, 1.82) is 0 Å². The maximum atomic E-state index is 13.7. The average Bonchev–Trinajstić information content (AvgIpc) is 3.22. The normalized spacial score (nSPS) is 14.7. The zero-order chi connectivity index (χ0) is 25.5. The van der Waals surface area contributed by atoms with Crippen molar-refractivity contribution in [2.24, 2.45) is 0 Å². The van der Waals surface area contributed by atoms with Gasteiger partial charge in [0.2, 0.25) is 11.9 Å². The molecule has 2 heterocycles. The maximum Gasteiger partial charge on any atom is 0.408 e. The van der Waals surface area contributed by atoms with Crippen molar-refractivity contribution in [3.8, 4) is 0 Å². The van der Waals surface area contributed by atoms with Gasteiger partial charge in [-0.1, -0.05) is 72.8 Å². The average molecular weight is 498 g/mol. The number of rotatable bonds is 7. The minimum Gasteiger partial charge on any atom is -0.445 e. The fraction of sp³-hybridized carbons (Fsp3) is 0.276. The summed E-state index contributed by atoms with van der Waals surface area (Å²) >= 11 is 0. The number of H-pyrrole nitrogens is 1. The highest BCUT2D eigenvalue weighted by molar-refractivity contribution is 5.86. The summed E-state index contributed by atoms with van der Waals surface area (Å²) in [6.45, 7) is 2.75. The summed E-state index contributed by atoms with van der Waals surface area (Å²) in [6, 6.07) is 26.4. The van der Waals surface area contributed by atoms with Crippen LogP contribution in [0.25, 0.3) is 11.0 Å². The number of hydrogen-bond donors (Lipinski definition) is 2. The van der Waals surface area contributed by atoms with Gasteiger partial charge in [-0.15, -0.1) is 0 Å². The Morgan fingerprint density at radius 3 is 2.32 bits per heavy atom. The van der Waals surface area contributed by atoms with Gasteiger partial charge in [0.15, 0.2) is 0 Å². The SMILES string of the molecule is O=C(N[C@@H](Cc1ccccc1)C(=O)N1CCCN(c2nc3ccccc3[nH]2)CC1)OCc1ccccc1. The van der Waals surface area contributed by atoms with Crippen LogP contribution in [-0.2, 0) is 22.6 Å². The second-order valence-corrected chi connectivity index (χ2v) is 9.19. The van der Waals surface area contributed by atoms with Gasteiger partial charge in [0.05, 0.1) is 11.0 Å². The number of fused-ring (bicyclic) bond motifs is 1. The largest absolute Gasteiger partial charge is 0.445 e. The predicted molar refractivity (Wildman–Crippen MR) is 143 cm³/mol. The van der Waals surface area contributed by atoms with Crippen molar-refractivity contribution in [2.75, 3.05) is 31.1 Å². The summed E-state index contributed by atoms with van der Waals surface area (Å²) in [5.41, 5.74) is 3.79. The Bertz CT molecular complexity index is 1290. The molecule has 0 radical (unpaired) electrons. The van der Waals surface area contributed by atoms with Gasteiger partial charge in [-0.25, -0.2) is 9.78 Å². The lowest BCUT2D eigenvalue weighted by Crippen LogP contribution is -2.50. The quantitative estimate of drug-likeness (QED) is 0.401. The van der Waals surface area contributed by atoms with E-state index < -0.39 is 12.1 Å². The fourth-order valence-electron chi connectivity index (χ4n) is 4.62. The zero-order valence-corrected chi connectivity index (χ0v) is 20.7. The number of nitrogens with one attached hydrogen (secondary N) is 2. The van der Waals surface area contributed by atoms with Crippen molar-refractivity contribution in [3.63, 3.8) is 0 Å². The van der Waals surface area contributed by atoms with E-state index >= 15 is 0 Å². The molecule has 4 aromatic rings. The summed E-state index contributed by atoms with van der Waals surface area (Å²) in [6.07, 6.45) is 0.597. The monoisotopic (exact) mass is 497 g/mol. The van der Waals surface area contributed by atoms with Gasteiger partial charge in [-0.05, 0) is 29.7 Å². The number of imidazole rings is 1. The number of alkyl carbamates (subject to hydrolysis) is 1. The molecule has 2 N–H and O–H groups in total. The number of amides is 2. The van der Waals surface area contributed by atoms with Crippen LogP contribution in [0.4, 0.5) is 10.7 Å². The molecular weight excluding hydrogens is 466 g/mol. The topological polar surface area (TPSA) is 90.6 Å². The van der Waals surface area contributed by atoms with Crippen LogP contribution >= 0.6 is 0 Å². The molecule has 3 aromatic carbocycles. The highest BCUT2D eigenvalue weighted by atomic mass is 16.5. The lowest BCUT2D eigenvalue weighted by Gasteiger charge is -2.27. The van der Waals surface area contributed by atoms with Crippen LogP contribution in [0.2, 0.25) is 0 Å². The molecule has 0 unspecified atom stereocenters. The second kappa shape index (κ2) is 11.6. The van der Waals surface area contributed by atoms with E-state index in [1.165, 1.54) is 0 Å². The lowest BCUT2D eigenvalue weighted by molar-refractivity contribution is -0.133. The number of aromatic amines is 1. The van der Waals surface area contributed by atoms with Crippen LogP contribution in [0.15, 0.2) is 84.9 Å². The summed E-state index contributed by atoms with van der Waals surface area (Å²) in [5.74, 6) is 0.714. The van der Waals surface area contributed by atoms with Gasteiger partial charge in [0.25, 0.3) is 0 Å². The van der Waals surface area contributed by atoms with E-state index in [4.69, 9.17) is 9.72 Å². The number of anilines is 1. The van der Waals surface area contributed by atoms with Crippen molar-refractivity contribution < 1.29 is 14.3 Å². The predicted octanol–water partition coefficient (Wildman–Crippen LogP) is 4.14. The van der Waals surface area contributed by atoms with Crippen LogP contribution in [0.5, 0.6) is 0 Å². The highest BCUT2D eigenvalue weighted by Crippen LogP contribution is 2.19. The first-order valence-electron chi connectivity index (χ1n) is 12.7. The Morgan fingerprint density at radius 1 is 0.865 bits per heavy atom. The molecule has 0 bridgehead atoms. The van der Waals surface area contributed by atoms with E-state index in [-0.39, 0.29) is 12.5 Å². The van der Waals surface area contributed by atoms with Crippen molar-refractivity contribution >= 4 is 29.0 Å². The molecule has 5 rings (SSSR count). The summed E-state index contributed by atoms with van der Waals surface area (Å²) < 4.78 is 5.42. The van der Waals surface area contributed by atoms with E-state index in [9.17, 15) is 9.59 Å². The number of carbonyl (C=O) groups excluding carboxylic acids is 2. The van der Waals surface area contributed by atoms with Gasteiger partial charge in [0, 0.05) is 32.6 Å². The molecule has 1 atom stereocenters. The van der Waals surface area contributed by atoms with Gasteiger partial charge < -0.3 is 24.8 Å². The maximum absolute atomic E-state index is 13.7. The van der Waals surface area contributed by atoms with Crippen LogP contribution < -0.4 is 10.2 Å². The molecule has 37 heavy (non-hydrogen) atoms. The van der Waals surface area contributed by atoms with Gasteiger partial charge >= 0.3 is 6.09 Å². The van der Waals surface area contributed by atoms with Gasteiger partial charge in [0.1, 0.15) is 12.6 Å². The van der Waals surface area contributed by atoms with Crippen LogP contribution in [0.1, 0.15) is 17.5 Å². The third-order valence-corrected chi connectivity index (χ3v) is 6.57. The summed E-state index contributed by atoms with van der Waals surface area (Å²) in [5, 5.41) is 2.83. The van der Waals surface area contributed by atoms with Crippen LogP contribution in [0, 0.1) is 0 Å². The standard InChI is InChI=1S/C29H31N5O3/c35-27(33-16-9-17-34(19-18-33)28-30-24-14-7-8-15-25(24)31-28)26(20-22-10-3-1-4-11-22)32-29(36)37-21-23-12-5-2-6-13-23/h1-8,10-15,26H,9,16-21H2,(H,30,31)(H,32,36)/t26-/m0/s1. The van der Waals surface area contributed by atoms with Gasteiger partial charge in [-0.2, -0.15) is 0 Å². The van der Waals surface area contributed by atoms with Crippen LogP contribution in [0.3, 0.4) is 0 Å². The Kier molecular flexibility index (Phi) is 7.64. The highest BCUT2D eigenvalue weighted by Gasteiger charge is 2.29. The molecule has 190 valence electrons. The third kappa shape index (κ3) is 6.27. The smallest absolute Gasteiger partial charge is 0.408 e. The number of benzene rings is 3. The number of para-hydroxylation sites is 2. The third-order valence-electron chi connectivity index (χ3n) is 6.57. The van der Waals surface area contributed by atoms with E-state index in [1.54, 1.807) is 0 Å². The van der Waals surface area contributed by atoms with Crippen molar-refractivity contribution in [3.05, 3.63) is 96.1 Å². The number of carbonyl (C=O) groups is 2. The molecular formula is C29H31N5O3. The second-order valence-electron chi connectivity index (χ2n) is 9.19. The molecule has 8 heteroatoms. The van der Waals surface area contributed by atoms with Crippen molar-refractivity contribution in [1.82, 2.24) is 20.2 Å². The molecule has 1 aromatic heterocycles. The molecule has 0 spiro atoms. The number of ether oxygens (including phenoxy) is 1. The molecule has 1 aliphatic heterocycles. The molecule has 1 saturated heterocycles. The first kappa shape index (κ1) is 24.4. The van der Waals surface area contributed by atoms with E-state index in [0.29, 0.717) is 26.1 Å². The minimum atomic E-state index is -0.719. The lowest BCUT2D eigenvalue weighted by atomic mass is 10.0. The molecule has 1 aliphatic rings.